The van der Waals surface area contributed by atoms with E-state index in [2.05, 4.69) is 41.4 Å². The van der Waals surface area contributed by atoms with Crippen LogP contribution in [0, 0.1) is 0 Å². The van der Waals surface area contributed by atoms with Gasteiger partial charge in [-0.1, -0.05) is 32.4 Å². The first-order valence-corrected chi connectivity index (χ1v) is 6.66. The molecule has 0 amide bonds. The van der Waals surface area contributed by atoms with Crippen LogP contribution in [-0.2, 0) is 11.9 Å². The molecule has 0 saturated heterocycles. The molecule has 0 aromatic carbocycles. The van der Waals surface area contributed by atoms with Crippen molar-refractivity contribution in [2.24, 2.45) is 0 Å². The maximum atomic E-state index is 5.16. The minimum Gasteiger partial charge on any atom is -0.337 e. The third-order valence-corrected chi connectivity index (χ3v) is 2.96. The van der Waals surface area contributed by atoms with Crippen molar-refractivity contribution in [2.45, 2.75) is 11.9 Å². The Bertz CT molecular complexity index is 665. The van der Waals surface area contributed by atoms with Crippen molar-refractivity contribution in [3.63, 3.8) is 0 Å². The Kier molecular flexibility index (Phi) is 3.32. The summed E-state index contributed by atoms with van der Waals surface area (Å²) >= 11 is 3.32. The third-order valence-electron chi connectivity index (χ3n) is 2.38. The van der Waals surface area contributed by atoms with Gasteiger partial charge >= 0.3 is 0 Å². The van der Waals surface area contributed by atoms with Gasteiger partial charge in [0.1, 0.15) is 12.2 Å². The molecule has 0 aliphatic carbocycles. The van der Waals surface area contributed by atoms with Crippen LogP contribution in [0.25, 0.3) is 11.5 Å². The van der Waals surface area contributed by atoms with Gasteiger partial charge in [0.25, 0.3) is 0 Å². The Morgan fingerprint density at radius 1 is 1.32 bits per heavy atom. The van der Waals surface area contributed by atoms with E-state index in [1.165, 1.54) is 0 Å². The highest BCUT2D eigenvalue weighted by atomic mass is 79.9. The number of hydrogen-bond donors (Lipinski definition) is 0. The minimum atomic E-state index is 0.389. The molecule has 0 saturated carbocycles. The fraction of sp³-hybridized carbons (Fsp3) is 0.182. The van der Waals surface area contributed by atoms with Gasteiger partial charge in [-0.3, -0.25) is 4.98 Å². The fourth-order valence-electron chi connectivity index (χ4n) is 1.53. The summed E-state index contributed by atoms with van der Waals surface area (Å²) in [5.74, 6) is 0.933. The summed E-state index contributed by atoms with van der Waals surface area (Å²) in [7, 11) is 0. The number of aromatic nitrogens is 6. The van der Waals surface area contributed by atoms with Gasteiger partial charge in [-0.25, -0.2) is 4.68 Å². The Hall–Kier alpha value is -2.09. The van der Waals surface area contributed by atoms with Crippen LogP contribution in [0.3, 0.4) is 0 Å². The Balaban J connectivity index is 1.78. The molecular formula is C11H9BrN6O. The molecule has 0 N–H and O–H groups in total. The molecule has 0 spiro atoms. The maximum absolute atomic E-state index is 5.16. The molecule has 0 fully saturated rings. The van der Waals surface area contributed by atoms with Crippen LogP contribution in [0.5, 0.6) is 0 Å². The Morgan fingerprint density at radius 3 is 3.00 bits per heavy atom. The van der Waals surface area contributed by atoms with E-state index in [1.807, 2.05) is 24.4 Å². The molecular weight excluding hydrogens is 312 g/mol. The van der Waals surface area contributed by atoms with Crippen LogP contribution in [0.4, 0.5) is 0 Å². The quantitative estimate of drug-likeness (QED) is 0.680. The number of halogens is 1. The molecule has 0 atom stereocenters. The number of alkyl halides is 1. The first-order chi connectivity index (χ1) is 9.35. The zero-order valence-electron chi connectivity index (χ0n) is 9.77. The monoisotopic (exact) mass is 320 g/mol. The molecule has 0 bridgehead atoms. The van der Waals surface area contributed by atoms with Crippen molar-refractivity contribution in [1.29, 1.82) is 0 Å². The van der Waals surface area contributed by atoms with Gasteiger partial charge in [-0.05, 0) is 12.1 Å². The molecule has 0 radical (unpaired) electrons. The molecule has 7 nitrogen and oxygen atoms in total. The number of pyridine rings is 1. The predicted octanol–water partition coefficient (Wildman–Crippen LogP) is 1.67. The summed E-state index contributed by atoms with van der Waals surface area (Å²) in [6.07, 6.45) is 3.50. The van der Waals surface area contributed by atoms with Crippen LogP contribution in [0.2, 0.25) is 0 Å². The summed E-state index contributed by atoms with van der Waals surface area (Å²) in [5.41, 5.74) is 1.53. The molecule has 8 heteroatoms. The second kappa shape index (κ2) is 5.27. The highest BCUT2D eigenvalue weighted by Crippen LogP contribution is 2.12. The van der Waals surface area contributed by atoms with Crippen LogP contribution >= 0.6 is 15.9 Å². The summed E-state index contributed by atoms with van der Waals surface area (Å²) in [6.45, 7) is 0.389. The molecule has 3 aromatic heterocycles. The Morgan fingerprint density at radius 2 is 2.26 bits per heavy atom. The second-order valence-corrected chi connectivity index (χ2v) is 4.33. The van der Waals surface area contributed by atoms with Crippen molar-refractivity contribution in [2.75, 3.05) is 0 Å². The average molecular weight is 321 g/mol. The molecule has 96 valence electrons. The fourth-order valence-corrected chi connectivity index (χ4v) is 1.79. The largest absolute Gasteiger partial charge is 0.337 e. The van der Waals surface area contributed by atoms with Gasteiger partial charge < -0.3 is 4.52 Å². The minimum absolute atomic E-state index is 0.389. The lowest BCUT2D eigenvalue weighted by Gasteiger charge is -1.92. The van der Waals surface area contributed by atoms with Crippen LogP contribution < -0.4 is 0 Å². The van der Waals surface area contributed by atoms with Crippen molar-refractivity contribution in [1.82, 2.24) is 30.1 Å². The first kappa shape index (κ1) is 12.0. The smallest absolute Gasteiger partial charge is 0.248 e. The number of rotatable bonds is 4. The zero-order valence-corrected chi connectivity index (χ0v) is 11.4. The van der Waals surface area contributed by atoms with Gasteiger partial charge in [0, 0.05) is 17.7 Å². The maximum Gasteiger partial charge on any atom is 0.248 e. The highest BCUT2D eigenvalue weighted by Gasteiger charge is 2.10. The van der Waals surface area contributed by atoms with Gasteiger partial charge in [-0.15, -0.1) is 5.10 Å². The highest BCUT2D eigenvalue weighted by molar-refractivity contribution is 9.08. The van der Waals surface area contributed by atoms with Gasteiger partial charge in [0.05, 0.1) is 5.69 Å². The average Bonchev–Trinajstić information content (AvgIpc) is 3.09. The Labute approximate surface area is 116 Å². The van der Waals surface area contributed by atoms with E-state index in [-0.39, 0.29) is 0 Å². The number of hydrogen-bond acceptors (Lipinski definition) is 6. The van der Waals surface area contributed by atoms with Gasteiger partial charge in [0.15, 0.2) is 0 Å². The van der Waals surface area contributed by atoms with E-state index in [9.17, 15) is 0 Å². The lowest BCUT2D eigenvalue weighted by molar-refractivity contribution is 0.364. The lowest BCUT2D eigenvalue weighted by Crippen LogP contribution is -2.00. The zero-order chi connectivity index (χ0) is 13.1. The molecule has 0 aliphatic heterocycles. The van der Waals surface area contributed by atoms with E-state index in [0.29, 0.717) is 29.3 Å². The van der Waals surface area contributed by atoms with E-state index in [4.69, 9.17) is 4.52 Å². The van der Waals surface area contributed by atoms with Gasteiger partial charge in [-0.2, -0.15) is 4.98 Å². The summed E-state index contributed by atoms with van der Waals surface area (Å²) < 4.78 is 6.81. The van der Waals surface area contributed by atoms with Crippen molar-refractivity contribution in [3.05, 3.63) is 42.2 Å². The van der Waals surface area contributed by atoms with Crippen molar-refractivity contribution < 1.29 is 4.52 Å². The summed E-state index contributed by atoms with van der Waals surface area (Å²) in [5, 5.41) is 12.5. The second-order valence-electron chi connectivity index (χ2n) is 3.77. The third kappa shape index (κ3) is 2.68. The predicted molar refractivity (Wildman–Crippen MR) is 69.3 cm³/mol. The van der Waals surface area contributed by atoms with Crippen molar-refractivity contribution >= 4 is 15.9 Å². The topological polar surface area (TPSA) is 82.5 Å². The first-order valence-electron chi connectivity index (χ1n) is 5.54. The van der Waals surface area contributed by atoms with Crippen LogP contribution in [0.15, 0.2) is 35.1 Å². The van der Waals surface area contributed by atoms with E-state index < -0.39 is 0 Å². The van der Waals surface area contributed by atoms with E-state index in [1.54, 1.807) is 10.9 Å². The molecule has 0 unspecified atom stereocenters. The van der Waals surface area contributed by atoms with Gasteiger partial charge in [0.2, 0.25) is 11.7 Å². The summed E-state index contributed by atoms with van der Waals surface area (Å²) in [6, 6.07) is 5.53. The molecule has 0 aliphatic rings. The molecule has 3 rings (SSSR count). The van der Waals surface area contributed by atoms with E-state index in [0.717, 1.165) is 5.69 Å². The van der Waals surface area contributed by atoms with Crippen LogP contribution in [-0.4, -0.2) is 30.1 Å². The molecule has 3 heterocycles. The lowest BCUT2D eigenvalue weighted by atomic mass is 10.3. The van der Waals surface area contributed by atoms with E-state index >= 15 is 0 Å². The number of nitrogens with zero attached hydrogens (tertiary/aromatic N) is 6. The van der Waals surface area contributed by atoms with Crippen LogP contribution in [0.1, 0.15) is 11.6 Å². The molecule has 19 heavy (non-hydrogen) atoms. The standard InChI is InChI=1S/C11H9BrN6O/c12-5-8-6-18(17-15-8)7-10-14-11(16-19-10)9-3-1-2-4-13-9/h1-4,6H,5,7H2. The SMILES string of the molecule is BrCc1cn(Cc2nc(-c3ccccn3)no2)nn1. The molecule has 3 aromatic rings. The van der Waals surface area contributed by atoms with Crippen molar-refractivity contribution in [3.8, 4) is 11.5 Å². The normalized spacial score (nSPS) is 10.8. The summed E-state index contributed by atoms with van der Waals surface area (Å²) in [4.78, 5) is 8.43.